The van der Waals surface area contributed by atoms with E-state index in [0.29, 0.717) is 19.3 Å². The van der Waals surface area contributed by atoms with E-state index in [2.05, 4.69) is 55.6 Å². The van der Waals surface area contributed by atoms with Crippen molar-refractivity contribution in [3.63, 3.8) is 0 Å². The van der Waals surface area contributed by atoms with E-state index in [-0.39, 0.29) is 12.5 Å². The topological polar surface area (TPSA) is 228 Å². The molecule has 1 amide bonds. The minimum atomic E-state index is -1.78. The quantitative estimate of drug-likeness (QED) is 0.0204. The third-order valence-electron chi connectivity index (χ3n) is 15.9. The fourth-order valence-electron chi connectivity index (χ4n) is 10.7. The number of nitrogens with one attached hydrogen (secondary N) is 1. The first-order valence-electron chi connectivity index (χ1n) is 32.2. The lowest BCUT2D eigenvalue weighted by Gasteiger charge is -2.46. The molecule has 12 unspecified atom stereocenters. The molecule has 458 valence electrons. The number of ether oxygens (including phenoxy) is 4. The van der Waals surface area contributed by atoms with Crippen molar-refractivity contribution in [3.8, 4) is 0 Å². The molecule has 0 bridgehead atoms. The maximum Gasteiger partial charge on any atom is 0.220 e. The van der Waals surface area contributed by atoms with Crippen LogP contribution >= 0.6 is 0 Å². The molecular weight excluding hydrogens is 991 g/mol. The van der Waals surface area contributed by atoms with Gasteiger partial charge in [0, 0.05) is 6.42 Å². The highest BCUT2D eigenvalue weighted by molar-refractivity contribution is 5.76. The van der Waals surface area contributed by atoms with Crippen LogP contribution in [0.3, 0.4) is 0 Å². The van der Waals surface area contributed by atoms with Crippen LogP contribution < -0.4 is 5.32 Å². The van der Waals surface area contributed by atoms with Gasteiger partial charge in [-0.2, -0.15) is 0 Å². The van der Waals surface area contributed by atoms with Gasteiger partial charge in [-0.3, -0.25) is 4.79 Å². The number of unbranched alkanes of at least 4 members (excludes halogenated alkanes) is 33. The second-order valence-electron chi connectivity index (χ2n) is 22.9. The molecule has 2 aliphatic rings. The minimum Gasteiger partial charge on any atom is -0.394 e. The molecule has 0 aliphatic carbocycles. The van der Waals surface area contributed by atoms with E-state index in [9.17, 15) is 45.6 Å². The molecule has 0 spiro atoms. The Balaban J connectivity index is 1.69. The predicted octanol–water partition coefficient (Wildman–Crippen LogP) is 11.8. The van der Waals surface area contributed by atoms with Crippen LogP contribution in [0.1, 0.15) is 271 Å². The smallest absolute Gasteiger partial charge is 0.220 e. The third kappa shape index (κ3) is 34.6. The van der Waals surface area contributed by atoms with Gasteiger partial charge in [-0.15, -0.1) is 0 Å². The highest BCUT2D eigenvalue weighted by atomic mass is 16.7. The summed E-state index contributed by atoms with van der Waals surface area (Å²) in [5.41, 5.74) is 0. The molecule has 78 heavy (non-hydrogen) atoms. The number of hydrogen-bond donors (Lipinski definition) is 9. The van der Waals surface area contributed by atoms with Crippen LogP contribution in [0, 0.1) is 0 Å². The second-order valence-corrected chi connectivity index (χ2v) is 22.9. The van der Waals surface area contributed by atoms with Gasteiger partial charge in [-0.25, -0.2) is 0 Å². The average Bonchev–Trinajstić information content (AvgIpc) is 3.48. The number of carbonyl (C=O) groups is 1. The summed E-state index contributed by atoms with van der Waals surface area (Å²) >= 11 is 0. The van der Waals surface area contributed by atoms with Crippen molar-refractivity contribution in [3.05, 3.63) is 36.5 Å². The Morgan fingerprint density at radius 2 is 0.885 bits per heavy atom. The molecular formula is C64H119NO13. The highest BCUT2D eigenvalue weighted by Crippen LogP contribution is 2.30. The van der Waals surface area contributed by atoms with Crippen LogP contribution in [0.15, 0.2) is 36.5 Å². The molecule has 2 heterocycles. The Bertz CT molecular complexity index is 1450. The maximum atomic E-state index is 13.3. The fourth-order valence-corrected chi connectivity index (χ4v) is 10.7. The van der Waals surface area contributed by atoms with Crippen LogP contribution in [0.4, 0.5) is 0 Å². The Kier molecular flexibility index (Phi) is 46.2. The van der Waals surface area contributed by atoms with Crippen molar-refractivity contribution in [2.24, 2.45) is 0 Å². The lowest BCUT2D eigenvalue weighted by molar-refractivity contribution is -0.359. The van der Waals surface area contributed by atoms with Crippen molar-refractivity contribution in [2.75, 3.05) is 19.8 Å². The number of hydrogen-bond acceptors (Lipinski definition) is 13. The monoisotopic (exact) mass is 1110 g/mol. The molecule has 2 aliphatic heterocycles. The number of rotatable bonds is 52. The van der Waals surface area contributed by atoms with E-state index >= 15 is 0 Å². The van der Waals surface area contributed by atoms with Crippen LogP contribution in [0.25, 0.3) is 0 Å². The minimum absolute atomic E-state index is 0.215. The summed E-state index contributed by atoms with van der Waals surface area (Å²) in [5, 5.41) is 87.4. The SMILES string of the molecule is CC/C=C\C/C=C\C/C=C\CCCCCCCCCC(=O)NC(COC1OC(CO)C(OC2OC(CO)C(O)C(O)C2O)C(O)C1O)C(O)CCCCCCCCCCCCCCCCCCCCCCCCCCCCC. The lowest BCUT2D eigenvalue weighted by Crippen LogP contribution is -2.65. The first kappa shape index (κ1) is 72.3. The van der Waals surface area contributed by atoms with Crippen LogP contribution in [0.2, 0.25) is 0 Å². The van der Waals surface area contributed by atoms with E-state index in [4.69, 9.17) is 18.9 Å². The summed E-state index contributed by atoms with van der Waals surface area (Å²) in [5.74, 6) is -0.215. The Hall–Kier alpha value is -1.79. The van der Waals surface area contributed by atoms with Crippen molar-refractivity contribution in [1.29, 1.82) is 0 Å². The van der Waals surface area contributed by atoms with E-state index in [1.54, 1.807) is 0 Å². The molecule has 14 heteroatoms. The van der Waals surface area contributed by atoms with Gasteiger partial charge in [0.05, 0.1) is 32.0 Å². The first-order chi connectivity index (χ1) is 38.1. The van der Waals surface area contributed by atoms with Crippen molar-refractivity contribution >= 4 is 5.91 Å². The van der Waals surface area contributed by atoms with E-state index < -0.39 is 86.8 Å². The highest BCUT2D eigenvalue weighted by Gasteiger charge is 2.51. The molecule has 2 saturated heterocycles. The molecule has 2 fully saturated rings. The number of aliphatic hydroxyl groups excluding tert-OH is 8. The fraction of sp³-hybridized carbons (Fsp3) is 0.891. The predicted molar refractivity (Wildman–Crippen MR) is 314 cm³/mol. The summed E-state index contributed by atoms with van der Waals surface area (Å²) in [6.45, 7) is 2.77. The largest absolute Gasteiger partial charge is 0.394 e. The standard InChI is InChI=1S/C64H119NO13/c1-3-5-7-9-11-13-15-17-19-21-22-23-24-25-26-27-28-29-30-32-33-35-37-39-41-43-45-47-53(68)52(65-56(69)48-46-44-42-40-38-36-34-31-20-18-16-14-12-10-8-6-4-2)51-75-63-61(74)59(72)62(55(50-67)77-63)78-64-60(73)58(71)57(70)54(49-66)76-64/h6,8,12,14,18,20,52-55,57-64,66-68,70-74H,3-5,7,9-11,13,15-17,19,21-51H2,1-2H3,(H,65,69)/b8-6-,14-12-,20-18-. The molecule has 2 rings (SSSR count). The summed E-state index contributed by atoms with van der Waals surface area (Å²) in [4.78, 5) is 13.3. The lowest BCUT2D eigenvalue weighted by atomic mass is 9.97. The molecule has 0 aromatic heterocycles. The van der Waals surface area contributed by atoms with Crippen LogP contribution in [-0.2, 0) is 23.7 Å². The van der Waals surface area contributed by atoms with Crippen LogP contribution in [0.5, 0.6) is 0 Å². The van der Waals surface area contributed by atoms with Gasteiger partial charge in [0.25, 0.3) is 0 Å². The third-order valence-corrected chi connectivity index (χ3v) is 15.9. The number of allylic oxidation sites excluding steroid dienone is 6. The van der Waals surface area contributed by atoms with Gasteiger partial charge in [-0.1, -0.05) is 256 Å². The summed E-state index contributed by atoms with van der Waals surface area (Å²) in [7, 11) is 0. The number of aliphatic hydroxyl groups is 8. The van der Waals surface area contributed by atoms with Gasteiger partial charge in [0.1, 0.15) is 48.8 Å². The molecule has 0 aromatic carbocycles. The van der Waals surface area contributed by atoms with Crippen molar-refractivity contribution < 1.29 is 64.6 Å². The molecule has 12 atom stereocenters. The number of amides is 1. The van der Waals surface area contributed by atoms with Gasteiger partial charge >= 0.3 is 0 Å². The Morgan fingerprint density at radius 3 is 1.36 bits per heavy atom. The van der Waals surface area contributed by atoms with Gasteiger partial charge in [-0.05, 0) is 44.9 Å². The zero-order chi connectivity index (χ0) is 56.7. The molecule has 0 saturated carbocycles. The molecule has 14 nitrogen and oxygen atoms in total. The summed E-state index contributed by atoms with van der Waals surface area (Å²) in [6.07, 6.45) is 44.4. The normalized spacial score (nSPS) is 24.7. The van der Waals surface area contributed by atoms with E-state index in [0.717, 1.165) is 77.0 Å². The van der Waals surface area contributed by atoms with Gasteiger partial charge in [0.15, 0.2) is 12.6 Å². The van der Waals surface area contributed by atoms with Gasteiger partial charge < -0.3 is 65.1 Å². The average molecular weight is 1110 g/mol. The molecule has 0 radical (unpaired) electrons. The Morgan fingerprint density at radius 1 is 0.474 bits per heavy atom. The molecule has 9 N–H and O–H groups in total. The maximum absolute atomic E-state index is 13.3. The summed E-state index contributed by atoms with van der Waals surface area (Å²) in [6, 6.07) is -0.835. The second kappa shape index (κ2) is 49.8. The first-order valence-corrected chi connectivity index (χ1v) is 32.2. The zero-order valence-corrected chi connectivity index (χ0v) is 49.4. The van der Waals surface area contributed by atoms with E-state index in [1.165, 1.54) is 161 Å². The van der Waals surface area contributed by atoms with Crippen molar-refractivity contribution in [1.82, 2.24) is 5.32 Å². The van der Waals surface area contributed by atoms with Crippen molar-refractivity contribution in [2.45, 2.75) is 344 Å². The zero-order valence-electron chi connectivity index (χ0n) is 49.4. The number of carbonyl (C=O) groups excluding carboxylic acids is 1. The van der Waals surface area contributed by atoms with Gasteiger partial charge in [0.2, 0.25) is 5.91 Å². The summed E-state index contributed by atoms with van der Waals surface area (Å²) < 4.78 is 22.9. The van der Waals surface area contributed by atoms with E-state index in [1.807, 2.05) is 0 Å². The van der Waals surface area contributed by atoms with Crippen LogP contribution in [-0.4, -0.2) is 140 Å². The Labute approximate surface area is 474 Å². The molecule has 0 aromatic rings.